The molecule has 9 nitrogen and oxygen atoms in total. The Labute approximate surface area is 354 Å². The molecule has 0 aliphatic rings. The minimum absolute atomic E-state index is 0.0125. The average molecular weight is 833 g/mol. The molecule has 58 heavy (non-hydrogen) atoms. The molecule has 0 aliphatic heterocycles. The standard InChI is InChI=1S/C48H82NO8P/c1-6-8-10-12-14-16-18-20-22-23-24-25-27-29-31-33-35-37-39-41-48(51)57-46(45-56-58(52,53)55-43-42-49(3,4)5)44-54-47(50)40-38-36-34-32-30-28-26-21-19-17-15-13-11-9-7-2/h8,10,14,16,20-22,24-26,29,31,35,37,46H,6-7,9,11-13,15,17-19,23,27-28,30,32-34,36,38-45H2,1-5H3/p+1/b10-8+,16-14+,22-20-,25-24-,26-21-,31-29+,37-35-. The molecule has 0 fully saturated rings. The van der Waals surface area contributed by atoms with Gasteiger partial charge in [-0.2, -0.15) is 0 Å². The summed E-state index contributed by atoms with van der Waals surface area (Å²) in [6, 6.07) is 0. The van der Waals surface area contributed by atoms with Gasteiger partial charge in [0.15, 0.2) is 6.10 Å². The van der Waals surface area contributed by atoms with E-state index < -0.39 is 32.5 Å². The van der Waals surface area contributed by atoms with Crippen LogP contribution < -0.4 is 0 Å². The number of hydrogen-bond donors (Lipinski definition) is 1. The number of carbonyl (C=O) groups is 2. The van der Waals surface area contributed by atoms with Gasteiger partial charge in [-0.3, -0.25) is 18.6 Å². The lowest BCUT2D eigenvalue weighted by Crippen LogP contribution is -2.37. The highest BCUT2D eigenvalue weighted by Gasteiger charge is 2.27. The quantitative estimate of drug-likeness (QED) is 0.0214. The number of allylic oxidation sites excluding steroid dienone is 14. The van der Waals surface area contributed by atoms with Crippen LogP contribution in [0.5, 0.6) is 0 Å². The molecule has 0 rings (SSSR count). The molecule has 0 heterocycles. The van der Waals surface area contributed by atoms with Gasteiger partial charge >= 0.3 is 19.8 Å². The summed E-state index contributed by atoms with van der Waals surface area (Å²) < 4.78 is 34.2. The van der Waals surface area contributed by atoms with Crippen molar-refractivity contribution in [2.45, 2.75) is 161 Å². The third-order valence-corrected chi connectivity index (χ3v) is 9.91. The van der Waals surface area contributed by atoms with Crippen molar-refractivity contribution in [3.8, 4) is 0 Å². The van der Waals surface area contributed by atoms with Crippen molar-refractivity contribution in [3.05, 3.63) is 85.1 Å². The van der Waals surface area contributed by atoms with Crippen molar-refractivity contribution in [2.24, 2.45) is 0 Å². The van der Waals surface area contributed by atoms with Crippen LogP contribution in [0.15, 0.2) is 85.1 Å². The molecule has 2 atom stereocenters. The molecule has 0 aromatic heterocycles. The van der Waals surface area contributed by atoms with Crippen LogP contribution in [0, 0.1) is 0 Å². The molecule has 2 unspecified atom stereocenters. The normalized spacial score (nSPS) is 14.4. The van der Waals surface area contributed by atoms with Gasteiger partial charge in [0.05, 0.1) is 27.7 Å². The summed E-state index contributed by atoms with van der Waals surface area (Å²) >= 11 is 0. The van der Waals surface area contributed by atoms with E-state index in [4.69, 9.17) is 18.5 Å². The Hall–Kier alpha value is -2.81. The maximum atomic E-state index is 12.7. The van der Waals surface area contributed by atoms with E-state index >= 15 is 0 Å². The van der Waals surface area contributed by atoms with Crippen LogP contribution in [0.3, 0.4) is 0 Å². The van der Waals surface area contributed by atoms with E-state index in [-0.39, 0.29) is 26.1 Å². The van der Waals surface area contributed by atoms with Gasteiger partial charge in [-0.25, -0.2) is 4.57 Å². The molecular weight excluding hydrogens is 750 g/mol. The van der Waals surface area contributed by atoms with Gasteiger partial charge in [-0.1, -0.05) is 150 Å². The SMILES string of the molecule is CC/C=C/C/C=C/C/C=C\C/C=C\C/C=C/C/C=C\CCC(=O)OC(COC(=O)CCCCCCC/C=C\CCCCCCCC)COP(=O)(O)OCC[N+](C)(C)C. The fraction of sp³-hybridized carbons (Fsp3) is 0.667. The maximum Gasteiger partial charge on any atom is 0.472 e. The first-order valence-corrected chi connectivity index (χ1v) is 23.8. The molecule has 0 aromatic rings. The number of likely N-dealkylation sites (N-methyl/N-ethyl adjacent to an activating group) is 1. The van der Waals surface area contributed by atoms with Crippen LogP contribution in [-0.4, -0.2) is 74.9 Å². The van der Waals surface area contributed by atoms with Gasteiger partial charge in [-0.05, 0) is 77.0 Å². The lowest BCUT2D eigenvalue weighted by molar-refractivity contribution is -0.870. The topological polar surface area (TPSA) is 108 Å². The number of phosphoric ester groups is 1. The fourth-order valence-electron chi connectivity index (χ4n) is 5.44. The third-order valence-electron chi connectivity index (χ3n) is 8.92. The van der Waals surface area contributed by atoms with E-state index in [9.17, 15) is 19.0 Å². The van der Waals surface area contributed by atoms with E-state index in [0.717, 1.165) is 70.6 Å². The molecule has 0 amide bonds. The first-order valence-electron chi connectivity index (χ1n) is 22.3. The van der Waals surface area contributed by atoms with Gasteiger partial charge in [0.1, 0.15) is 19.8 Å². The van der Waals surface area contributed by atoms with Gasteiger partial charge in [0, 0.05) is 12.8 Å². The Morgan fingerprint density at radius 3 is 1.53 bits per heavy atom. The van der Waals surface area contributed by atoms with Crippen LogP contribution in [0.2, 0.25) is 0 Å². The number of ether oxygens (including phenoxy) is 2. The monoisotopic (exact) mass is 833 g/mol. The van der Waals surface area contributed by atoms with Crippen molar-refractivity contribution >= 4 is 19.8 Å². The molecule has 10 heteroatoms. The van der Waals surface area contributed by atoms with Crippen molar-refractivity contribution < 1.29 is 42.1 Å². The number of carbonyl (C=O) groups excluding carboxylic acids is 2. The Kier molecular flexibility index (Phi) is 37.7. The molecule has 0 radical (unpaired) electrons. The Bertz CT molecular complexity index is 1260. The molecule has 0 aromatic carbocycles. The van der Waals surface area contributed by atoms with Crippen LogP contribution in [-0.2, 0) is 32.7 Å². The van der Waals surface area contributed by atoms with Crippen LogP contribution >= 0.6 is 7.82 Å². The third kappa shape index (κ3) is 42.8. The van der Waals surface area contributed by atoms with Crippen molar-refractivity contribution in [2.75, 3.05) is 47.5 Å². The number of unbranched alkanes of at least 4 members (excludes halogenated alkanes) is 11. The van der Waals surface area contributed by atoms with E-state index in [1.54, 1.807) is 0 Å². The van der Waals surface area contributed by atoms with Gasteiger partial charge in [-0.15, -0.1) is 0 Å². The summed E-state index contributed by atoms with van der Waals surface area (Å²) in [6.07, 6.45) is 50.8. The lowest BCUT2D eigenvalue weighted by Gasteiger charge is -2.24. The number of hydrogen-bond acceptors (Lipinski definition) is 7. The highest BCUT2D eigenvalue weighted by atomic mass is 31.2. The smallest absolute Gasteiger partial charge is 0.462 e. The second kappa shape index (κ2) is 39.6. The Morgan fingerprint density at radius 1 is 0.552 bits per heavy atom. The molecule has 0 spiro atoms. The first kappa shape index (κ1) is 55.2. The predicted octanol–water partition coefficient (Wildman–Crippen LogP) is 12.8. The van der Waals surface area contributed by atoms with Gasteiger partial charge in [0.2, 0.25) is 0 Å². The Balaban J connectivity index is 4.52. The fourth-order valence-corrected chi connectivity index (χ4v) is 6.19. The van der Waals surface area contributed by atoms with Crippen molar-refractivity contribution in [3.63, 3.8) is 0 Å². The molecule has 332 valence electrons. The summed E-state index contributed by atoms with van der Waals surface area (Å²) in [5.41, 5.74) is 0. The second-order valence-corrected chi connectivity index (χ2v) is 17.1. The lowest BCUT2D eigenvalue weighted by atomic mass is 10.1. The zero-order chi connectivity index (χ0) is 42.8. The largest absolute Gasteiger partial charge is 0.472 e. The molecule has 0 bridgehead atoms. The van der Waals surface area contributed by atoms with E-state index in [2.05, 4.69) is 86.8 Å². The minimum atomic E-state index is -4.40. The molecule has 0 saturated heterocycles. The summed E-state index contributed by atoms with van der Waals surface area (Å²) in [5, 5.41) is 0. The van der Waals surface area contributed by atoms with E-state index in [1.807, 2.05) is 33.3 Å². The Morgan fingerprint density at radius 2 is 1.02 bits per heavy atom. The van der Waals surface area contributed by atoms with E-state index in [1.165, 1.54) is 44.9 Å². The van der Waals surface area contributed by atoms with Gasteiger partial charge < -0.3 is 18.9 Å². The predicted molar refractivity (Wildman–Crippen MR) is 242 cm³/mol. The average Bonchev–Trinajstić information content (AvgIpc) is 3.17. The molecule has 0 saturated carbocycles. The van der Waals surface area contributed by atoms with Gasteiger partial charge in [0.25, 0.3) is 0 Å². The maximum absolute atomic E-state index is 12.7. The summed E-state index contributed by atoms with van der Waals surface area (Å²) in [6.45, 7) is 4.19. The van der Waals surface area contributed by atoms with E-state index in [0.29, 0.717) is 23.9 Å². The number of phosphoric acid groups is 1. The highest BCUT2D eigenvalue weighted by molar-refractivity contribution is 7.47. The molecule has 1 N–H and O–H groups in total. The second-order valence-electron chi connectivity index (χ2n) is 15.7. The highest BCUT2D eigenvalue weighted by Crippen LogP contribution is 2.43. The zero-order valence-electron chi connectivity index (χ0n) is 37.2. The van der Waals surface area contributed by atoms with Crippen molar-refractivity contribution in [1.29, 1.82) is 0 Å². The number of quaternary nitrogens is 1. The summed E-state index contributed by atoms with van der Waals surface area (Å²) in [4.78, 5) is 35.3. The van der Waals surface area contributed by atoms with Crippen LogP contribution in [0.25, 0.3) is 0 Å². The summed E-state index contributed by atoms with van der Waals surface area (Å²) in [7, 11) is 1.41. The number of nitrogens with zero attached hydrogens (tertiary/aromatic N) is 1. The van der Waals surface area contributed by atoms with Crippen molar-refractivity contribution in [1.82, 2.24) is 0 Å². The van der Waals surface area contributed by atoms with Crippen LogP contribution in [0.4, 0.5) is 0 Å². The number of rotatable bonds is 39. The minimum Gasteiger partial charge on any atom is -0.462 e. The molecule has 0 aliphatic carbocycles. The van der Waals surface area contributed by atoms with Crippen LogP contribution in [0.1, 0.15) is 155 Å². The molecular formula is C48H83NO8P+. The summed E-state index contributed by atoms with van der Waals surface area (Å²) in [5.74, 6) is -0.914. The zero-order valence-corrected chi connectivity index (χ0v) is 38.1. The first-order chi connectivity index (χ1) is 28.0. The number of esters is 2.